The summed E-state index contributed by atoms with van der Waals surface area (Å²) >= 11 is 0. The lowest BCUT2D eigenvalue weighted by Gasteiger charge is -2.54. The topological polar surface area (TPSA) is 41.7 Å². The number of hydrogen-bond acceptors (Lipinski definition) is 4. The fraction of sp³-hybridized carbons (Fsp3) is 1.00. The maximum absolute atomic E-state index is 6.16. The van der Waals surface area contributed by atoms with E-state index in [1.165, 1.54) is 19.4 Å². The Kier molecular flexibility index (Phi) is 4.02. The molecule has 2 heterocycles. The molecular formula is C14H29N3O. The molecule has 0 spiro atoms. The second kappa shape index (κ2) is 5.08. The predicted octanol–water partition coefficient (Wildman–Crippen LogP) is 0.909. The van der Waals surface area contributed by atoms with Gasteiger partial charge in [0, 0.05) is 31.7 Å². The molecule has 2 rings (SSSR count). The molecule has 2 aliphatic rings. The van der Waals surface area contributed by atoms with Crippen molar-refractivity contribution in [3.8, 4) is 0 Å². The quantitative estimate of drug-likeness (QED) is 0.796. The van der Waals surface area contributed by atoms with Crippen molar-refractivity contribution in [3.05, 3.63) is 0 Å². The first-order chi connectivity index (χ1) is 8.37. The van der Waals surface area contributed by atoms with E-state index in [4.69, 9.17) is 10.5 Å². The lowest BCUT2D eigenvalue weighted by atomic mass is 9.85. The second-order valence-corrected chi connectivity index (χ2v) is 6.84. The van der Waals surface area contributed by atoms with Crippen molar-refractivity contribution in [1.29, 1.82) is 0 Å². The normalized spacial score (nSPS) is 38.8. The lowest BCUT2D eigenvalue weighted by molar-refractivity contribution is -0.159. The highest BCUT2D eigenvalue weighted by molar-refractivity contribution is 5.00. The zero-order valence-corrected chi connectivity index (χ0v) is 12.4. The van der Waals surface area contributed by atoms with Crippen molar-refractivity contribution in [2.24, 2.45) is 5.73 Å². The van der Waals surface area contributed by atoms with E-state index >= 15 is 0 Å². The first-order valence-electron chi connectivity index (χ1n) is 7.18. The van der Waals surface area contributed by atoms with Crippen molar-refractivity contribution in [3.63, 3.8) is 0 Å². The van der Waals surface area contributed by atoms with Gasteiger partial charge in [0.15, 0.2) is 0 Å². The highest BCUT2D eigenvalue weighted by Crippen LogP contribution is 2.32. The van der Waals surface area contributed by atoms with Gasteiger partial charge in [0.05, 0.1) is 11.7 Å². The molecular weight excluding hydrogens is 226 g/mol. The zero-order chi connectivity index (χ0) is 13.4. The van der Waals surface area contributed by atoms with Crippen LogP contribution in [-0.4, -0.2) is 66.8 Å². The van der Waals surface area contributed by atoms with Gasteiger partial charge in [-0.3, -0.25) is 4.90 Å². The molecule has 0 bridgehead atoms. The number of rotatable bonds is 2. The van der Waals surface area contributed by atoms with Crippen LogP contribution >= 0.6 is 0 Å². The summed E-state index contributed by atoms with van der Waals surface area (Å²) in [5.74, 6) is 0. The minimum atomic E-state index is -0.0597. The van der Waals surface area contributed by atoms with E-state index in [2.05, 4.69) is 37.6 Å². The standard InChI is InChI=1S/C14H29N3O/c1-12-8-17(10-13(2,3)18-12)14(9-15)6-5-7-16(4)11-14/h12H,5-11,15H2,1-4H3. The van der Waals surface area contributed by atoms with Crippen molar-refractivity contribution in [1.82, 2.24) is 9.80 Å². The van der Waals surface area contributed by atoms with Gasteiger partial charge in [-0.25, -0.2) is 0 Å². The highest BCUT2D eigenvalue weighted by atomic mass is 16.5. The number of likely N-dealkylation sites (tertiary alicyclic amines) is 1. The maximum Gasteiger partial charge on any atom is 0.0757 e. The Bertz CT molecular complexity index is 295. The molecule has 0 aromatic rings. The highest BCUT2D eigenvalue weighted by Gasteiger charge is 2.44. The minimum absolute atomic E-state index is 0.0597. The molecule has 106 valence electrons. The summed E-state index contributed by atoms with van der Waals surface area (Å²) in [4.78, 5) is 5.01. The average molecular weight is 255 g/mol. The number of likely N-dealkylation sites (N-methyl/N-ethyl adjacent to an activating group) is 1. The second-order valence-electron chi connectivity index (χ2n) is 6.84. The van der Waals surface area contributed by atoms with E-state index in [0.29, 0.717) is 6.10 Å². The van der Waals surface area contributed by atoms with Gasteiger partial charge in [-0.2, -0.15) is 0 Å². The molecule has 0 aromatic carbocycles. The molecule has 0 amide bonds. The van der Waals surface area contributed by atoms with E-state index in [1.54, 1.807) is 0 Å². The van der Waals surface area contributed by atoms with E-state index in [1.807, 2.05) is 0 Å². The van der Waals surface area contributed by atoms with Gasteiger partial charge in [0.2, 0.25) is 0 Å². The van der Waals surface area contributed by atoms with Crippen molar-refractivity contribution >= 4 is 0 Å². The largest absolute Gasteiger partial charge is 0.370 e. The molecule has 2 N–H and O–H groups in total. The number of ether oxygens (including phenoxy) is 1. The summed E-state index contributed by atoms with van der Waals surface area (Å²) in [5, 5.41) is 0. The van der Waals surface area contributed by atoms with Gasteiger partial charge in [0.1, 0.15) is 0 Å². The first-order valence-corrected chi connectivity index (χ1v) is 7.18. The molecule has 2 saturated heterocycles. The first kappa shape index (κ1) is 14.3. The van der Waals surface area contributed by atoms with Crippen LogP contribution in [-0.2, 0) is 4.74 Å². The Hall–Kier alpha value is -0.160. The Labute approximate surface area is 111 Å². The Morgan fingerprint density at radius 3 is 2.61 bits per heavy atom. The SMILES string of the molecule is CC1CN(C2(CN)CCCN(C)C2)CC(C)(C)O1. The Morgan fingerprint density at radius 1 is 1.33 bits per heavy atom. The lowest BCUT2D eigenvalue weighted by Crippen LogP contribution is -2.67. The summed E-state index contributed by atoms with van der Waals surface area (Å²) in [6.07, 6.45) is 2.76. The van der Waals surface area contributed by atoms with Crippen LogP contribution in [0.1, 0.15) is 33.6 Å². The summed E-state index contributed by atoms with van der Waals surface area (Å²) in [6.45, 7) is 11.6. The fourth-order valence-corrected chi connectivity index (χ4v) is 3.71. The van der Waals surface area contributed by atoms with Crippen molar-refractivity contribution in [2.45, 2.75) is 50.9 Å². The molecule has 0 radical (unpaired) electrons. The number of nitrogens with two attached hydrogens (primary N) is 1. The van der Waals surface area contributed by atoms with Gasteiger partial charge < -0.3 is 15.4 Å². The number of morpholine rings is 1. The smallest absolute Gasteiger partial charge is 0.0757 e. The van der Waals surface area contributed by atoms with Gasteiger partial charge in [-0.1, -0.05) is 0 Å². The number of nitrogens with zero attached hydrogens (tertiary/aromatic N) is 2. The molecule has 2 fully saturated rings. The minimum Gasteiger partial charge on any atom is -0.370 e. The third-order valence-corrected chi connectivity index (χ3v) is 4.37. The summed E-state index contributed by atoms with van der Waals surface area (Å²) in [5.41, 5.74) is 6.25. The number of piperidine rings is 1. The average Bonchev–Trinajstić information content (AvgIpc) is 2.26. The van der Waals surface area contributed by atoms with Gasteiger partial charge in [0.25, 0.3) is 0 Å². The van der Waals surface area contributed by atoms with Crippen LogP contribution in [0.5, 0.6) is 0 Å². The van der Waals surface area contributed by atoms with Crippen LogP contribution in [0.2, 0.25) is 0 Å². The summed E-state index contributed by atoms with van der Waals surface area (Å²) < 4.78 is 6.01. The molecule has 18 heavy (non-hydrogen) atoms. The fourth-order valence-electron chi connectivity index (χ4n) is 3.71. The Morgan fingerprint density at radius 2 is 2.06 bits per heavy atom. The van der Waals surface area contributed by atoms with Crippen LogP contribution in [0, 0.1) is 0 Å². The van der Waals surface area contributed by atoms with Gasteiger partial charge in [-0.05, 0) is 47.2 Å². The molecule has 2 atom stereocenters. The molecule has 0 aliphatic carbocycles. The maximum atomic E-state index is 6.16. The zero-order valence-electron chi connectivity index (χ0n) is 12.4. The van der Waals surface area contributed by atoms with E-state index < -0.39 is 0 Å². The molecule has 4 nitrogen and oxygen atoms in total. The summed E-state index contributed by atoms with van der Waals surface area (Å²) in [7, 11) is 2.21. The van der Waals surface area contributed by atoms with E-state index in [-0.39, 0.29) is 11.1 Å². The predicted molar refractivity (Wildman–Crippen MR) is 74.7 cm³/mol. The van der Waals surface area contributed by atoms with E-state index in [0.717, 1.165) is 26.2 Å². The molecule has 0 aromatic heterocycles. The number of hydrogen-bond donors (Lipinski definition) is 1. The van der Waals surface area contributed by atoms with E-state index in [9.17, 15) is 0 Å². The van der Waals surface area contributed by atoms with Crippen molar-refractivity contribution in [2.75, 3.05) is 39.8 Å². The monoisotopic (exact) mass is 255 g/mol. The van der Waals surface area contributed by atoms with Crippen LogP contribution < -0.4 is 5.73 Å². The van der Waals surface area contributed by atoms with Gasteiger partial charge >= 0.3 is 0 Å². The van der Waals surface area contributed by atoms with Gasteiger partial charge in [-0.15, -0.1) is 0 Å². The van der Waals surface area contributed by atoms with Crippen LogP contribution in [0.3, 0.4) is 0 Å². The molecule has 2 unspecified atom stereocenters. The third-order valence-electron chi connectivity index (χ3n) is 4.37. The van der Waals surface area contributed by atoms with Crippen LogP contribution in [0.25, 0.3) is 0 Å². The van der Waals surface area contributed by atoms with Crippen molar-refractivity contribution < 1.29 is 4.74 Å². The van der Waals surface area contributed by atoms with Crippen LogP contribution in [0.15, 0.2) is 0 Å². The summed E-state index contributed by atoms with van der Waals surface area (Å²) in [6, 6.07) is 0. The molecule has 2 aliphatic heterocycles. The Balaban J connectivity index is 2.16. The molecule has 4 heteroatoms. The van der Waals surface area contributed by atoms with Crippen LogP contribution in [0.4, 0.5) is 0 Å². The molecule has 0 saturated carbocycles. The third kappa shape index (κ3) is 2.87.